The maximum Gasteiger partial charge on any atom is 0.216 e. The average Bonchev–Trinajstić information content (AvgIpc) is 3.41. The number of rotatable bonds is 13. The Bertz CT molecular complexity index is 2010. The van der Waals surface area contributed by atoms with E-state index in [4.69, 9.17) is 19.5 Å². The van der Waals surface area contributed by atoms with Gasteiger partial charge >= 0.3 is 0 Å². The van der Waals surface area contributed by atoms with Gasteiger partial charge in [0.05, 0.1) is 30.3 Å². The van der Waals surface area contributed by atoms with E-state index in [0.29, 0.717) is 71.3 Å². The lowest BCUT2D eigenvalue weighted by Crippen LogP contribution is -2.38. The molecule has 2 aliphatic rings. The molecule has 0 aliphatic carbocycles. The summed E-state index contributed by atoms with van der Waals surface area (Å²) in [5.74, 6) is -0.453. The van der Waals surface area contributed by atoms with Crippen molar-refractivity contribution in [1.29, 1.82) is 0 Å². The van der Waals surface area contributed by atoms with Crippen molar-refractivity contribution < 1.29 is 23.4 Å². The van der Waals surface area contributed by atoms with Gasteiger partial charge in [-0.2, -0.15) is 0 Å². The number of nitrogens with zero attached hydrogens (tertiary/aromatic N) is 3. The summed E-state index contributed by atoms with van der Waals surface area (Å²) in [6.07, 6.45) is 11.3. The van der Waals surface area contributed by atoms with Crippen LogP contribution in [0.15, 0.2) is 35.3 Å². The first-order chi connectivity index (χ1) is 24.6. The largest absolute Gasteiger partial charge is 0.508 e. The number of aromatic hydroxyl groups is 1. The Kier molecular flexibility index (Phi) is 11.5. The van der Waals surface area contributed by atoms with Gasteiger partial charge in [0, 0.05) is 47.3 Å². The third-order valence-electron chi connectivity index (χ3n) is 11.1. The van der Waals surface area contributed by atoms with E-state index in [1.54, 1.807) is 18.2 Å². The van der Waals surface area contributed by atoms with Gasteiger partial charge in [0.1, 0.15) is 17.1 Å². The van der Waals surface area contributed by atoms with E-state index in [0.717, 1.165) is 62.4 Å². The SMILES string of the molecule is CCCCCC(C)(CCCC)COc1cc(N2CCCOCC2)c2c3c(c(-c4cc(O)cc5ccc(F)c(CC)c45)c(F)c2n1)=NC(C)C(C)C=3. The van der Waals surface area contributed by atoms with Crippen molar-refractivity contribution in [1.82, 2.24) is 4.98 Å². The van der Waals surface area contributed by atoms with Gasteiger partial charge in [-0.05, 0) is 78.6 Å². The van der Waals surface area contributed by atoms with Crippen LogP contribution in [0, 0.1) is 23.0 Å². The highest BCUT2D eigenvalue weighted by Crippen LogP contribution is 2.40. The Morgan fingerprint density at radius 3 is 2.53 bits per heavy atom. The van der Waals surface area contributed by atoms with Crippen LogP contribution in [0.3, 0.4) is 0 Å². The molecule has 3 heterocycles. The summed E-state index contributed by atoms with van der Waals surface area (Å²) in [6.45, 7) is 15.9. The maximum absolute atomic E-state index is 17.8. The number of hydrogen-bond donors (Lipinski definition) is 1. The number of aromatic nitrogens is 1. The van der Waals surface area contributed by atoms with Crippen LogP contribution in [0.5, 0.6) is 11.6 Å². The molecule has 2 aliphatic heterocycles. The summed E-state index contributed by atoms with van der Waals surface area (Å²) in [5.41, 5.74) is 2.14. The van der Waals surface area contributed by atoms with Crippen molar-refractivity contribution in [3.63, 3.8) is 0 Å². The van der Waals surface area contributed by atoms with Crippen LogP contribution in [-0.2, 0) is 11.2 Å². The van der Waals surface area contributed by atoms with Crippen molar-refractivity contribution in [3.8, 4) is 22.8 Å². The third kappa shape index (κ3) is 7.58. The highest BCUT2D eigenvalue weighted by molar-refractivity contribution is 6.03. The highest BCUT2D eigenvalue weighted by atomic mass is 19.1. The molecule has 1 fully saturated rings. The topological polar surface area (TPSA) is 67.2 Å². The Hall–Kier alpha value is -3.78. The Balaban J connectivity index is 1.65. The lowest BCUT2D eigenvalue weighted by molar-refractivity contribution is 0.130. The fraction of sp³-hybridized carbons (Fsp3) is 0.535. The Morgan fingerprint density at radius 2 is 1.76 bits per heavy atom. The fourth-order valence-corrected chi connectivity index (χ4v) is 7.95. The van der Waals surface area contributed by atoms with Crippen LogP contribution < -0.4 is 20.2 Å². The standard InChI is InChI=1S/C43H55F2N3O3/c1-7-10-12-17-43(6,16-11-8-2)26-51-36-25-35(48-18-13-20-50-21-19-48)38-33-22-27(4)28(5)46-41(33)39(40(45)42(38)47-36)32-24-30(49)23-29-14-15-34(44)31(9-3)37(29)32/h14-15,22-25,27-28,49H,7-13,16-21,26H2,1-6H3. The number of pyridine rings is 1. The number of halogens is 2. The summed E-state index contributed by atoms with van der Waals surface area (Å²) in [7, 11) is 0. The first kappa shape index (κ1) is 37.0. The van der Waals surface area contributed by atoms with Gasteiger partial charge in [0.15, 0.2) is 5.82 Å². The molecule has 3 atom stereocenters. The molecule has 1 N–H and O–H groups in total. The van der Waals surface area contributed by atoms with Crippen molar-refractivity contribution >= 4 is 33.4 Å². The normalized spacial score (nSPS) is 18.9. The second-order valence-electron chi connectivity index (χ2n) is 15.1. The molecule has 6 nitrogen and oxygen atoms in total. The molecule has 0 spiro atoms. The number of fused-ring (bicyclic) bond motifs is 4. The van der Waals surface area contributed by atoms with Crippen molar-refractivity contribution in [3.05, 3.63) is 58.1 Å². The van der Waals surface area contributed by atoms with Crippen LogP contribution in [0.1, 0.15) is 98.5 Å². The van der Waals surface area contributed by atoms with Crippen LogP contribution in [0.25, 0.3) is 38.9 Å². The van der Waals surface area contributed by atoms with Gasteiger partial charge < -0.3 is 19.5 Å². The van der Waals surface area contributed by atoms with Gasteiger partial charge in [-0.25, -0.2) is 13.8 Å². The molecule has 6 rings (SSSR count). The lowest BCUT2D eigenvalue weighted by Gasteiger charge is -2.30. The first-order valence-electron chi connectivity index (χ1n) is 19.2. The molecule has 4 aromatic rings. The molecule has 0 saturated carbocycles. The second-order valence-corrected chi connectivity index (χ2v) is 15.1. The smallest absolute Gasteiger partial charge is 0.216 e. The Labute approximate surface area is 301 Å². The van der Waals surface area contributed by atoms with E-state index in [1.165, 1.54) is 12.5 Å². The molecule has 8 heteroatoms. The van der Waals surface area contributed by atoms with E-state index in [2.05, 4.69) is 38.7 Å². The van der Waals surface area contributed by atoms with E-state index < -0.39 is 5.82 Å². The summed E-state index contributed by atoms with van der Waals surface area (Å²) in [6, 6.07) is 8.09. The van der Waals surface area contributed by atoms with Gasteiger partial charge in [-0.15, -0.1) is 0 Å². The summed E-state index contributed by atoms with van der Waals surface area (Å²) >= 11 is 0. The minimum Gasteiger partial charge on any atom is -0.508 e. The van der Waals surface area contributed by atoms with Gasteiger partial charge in [0.2, 0.25) is 5.88 Å². The van der Waals surface area contributed by atoms with Crippen molar-refractivity contribution in [2.45, 2.75) is 105 Å². The number of phenolic OH excluding ortho intramolecular Hbond substituents is 1. The van der Waals surface area contributed by atoms with Gasteiger partial charge in [-0.3, -0.25) is 4.99 Å². The molecule has 0 bridgehead atoms. The molecule has 1 saturated heterocycles. The Morgan fingerprint density at radius 1 is 0.980 bits per heavy atom. The summed E-state index contributed by atoms with van der Waals surface area (Å²) in [5, 5.41) is 14.2. The lowest BCUT2D eigenvalue weighted by atomic mass is 9.81. The van der Waals surface area contributed by atoms with E-state index in [1.807, 2.05) is 19.9 Å². The number of phenols is 1. The van der Waals surface area contributed by atoms with Crippen LogP contribution in [0.2, 0.25) is 0 Å². The molecule has 274 valence electrons. The molecule has 3 unspecified atom stereocenters. The molecule has 0 amide bonds. The van der Waals surface area contributed by atoms with Crippen LogP contribution in [-0.4, -0.2) is 49.0 Å². The molecule has 3 aromatic carbocycles. The van der Waals surface area contributed by atoms with Crippen molar-refractivity contribution in [2.75, 3.05) is 37.8 Å². The number of unbranched alkanes of at least 4 members (excludes halogenated alkanes) is 3. The average molecular weight is 700 g/mol. The second kappa shape index (κ2) is 15.9. The minimum atomic E-state index is -0.546. The minimum absolute atomic E-state index is 0.0228. The molecule has 1 aromatic heterocycles. The first-order valence-corrected chi connectivity index (χ1v) is 19.2. The maximum atomic E-state index is 17.8. The zero-order chi connectivity index (χ0) is 36.3. The number of ether oxygens (including phenoxy) is 2. The van der Waals surface area contributed by atoms with Crippen LogP contribution >= 0.6 is 0 Å². The van der Waals surface area contributed by atoms with Crippen molar-refractivity contribution in [2.24, 2.45) is 16.3 Å². The fourth-order valence-electron chi connectivity index (χ4n) is 7.95. The van der Waals surface area contributed by atoms with E-state index in [-0.39, 0.29) is 40.0 Å². The third-order valence-corrected chi connectivity index (χ3v) is 11.1. The number of anilines is 1. The van der Waals surface area contributed by atoms with E-state index in [9.17, 15) is 5.11 Å². The summed E-state index contributed by atoms with van der Waals surface area (Å²) < 4.78 is 45.7. The predicted octanol–water partition coefficient (Wildman–Crippen LogP) is 9.42. The zero-order valence-corrected chi connectivity index (χ0v) is 31.4. The predicted molar refractivity (Wildman–Crippen MR) is 204 cm³/mol. The molecular weight excluding hydrogens is 644 g/mol. The van der Waals surface area contributed by atoms with Gasteiger partial charge in [0.25, 0.3) is 0 Å². The molecule has 51 heavy (non-hydrogen) atoms. The number of benzene rings is 3. The number of hydrogen-bond acceptors (Lipinski definition) is 6. The van der Waals surface area contributed by atoms with Crippen LogP contribution in [0.4, 0.5) is 14.5 Å². The molecular formula is C43H55F2N3O3. The zero-order valence-electron chi connectivity index (χ0n) is 31.4. The number of aryl methyl sites for hydroxylation is 1. The monoisotopic (exact) mass is 699 g/mol. The van der Waals surface area contributed by atoms with Gasteiger partial charge in [-0.1, -0.05) is 78.9 Å². The van der Waals surface area contributed by atoms with E-state index >= 15 is 8.78 Å². The molecule has 0 radical (unpaired) electrons. The summed E-state index contributed by atoms with van der Waals surface area (Å²) in [4.78, 5) is 12.4. The highest BCUT2D eigenvalue weighted by Gasteiger charge is 2.29. The quantitative estimate of drug-likeness (QED) is 0.141.